The molecule has 0 aromatic heterocycles. The molecule has 26 heavy (non-hydrogen) atoms. The zero-order valence-electron chi connectivity index (χ0n) is 13.8. The van der Waals surface area contributed by atoms with Crippen molar-refractivity contribution in [3.05, 3.63) is 95.6 Å². The van der Waals surface area contributed by atoms with Crippen LogP contribution in [0.2, 0.25) is 0 Å². The number of hydrogen-bond donors (Lipinski definition) is 1. The first-order chi connectivity index (χ1) is 12.7. The molecule has 1 N–H and O–H groups in total. The van der Waals surface area contributed by atoms with E-state index in [0.717, 1.165) is 28.7 Å². The van der Waals surface area contributed by atoms with Crippen LogP contribution < -0.4 is 10.2 Å². The summed E-state index contributed by atoms with van der Waals surface area (Å²) in [5.41, 5.74) is 5.49. The molecular weight excluding hydrogens is 334 g/mol. The van der Waals surface area contributed by atoms with Crippen molar-refractivity contribution in [1.29, 1.82) is 0 Å². The molecule has 130 valence electrons. The smallest absolute Gasteiger partial charge is 0.151 e. The molecular formula is C21H16F2N2O. The number of benzene rings is 3. The molecule has 0 fully saturated rings. The number of fused-ring (bicyclic) bond motifs is 1. The fraction of sp³-hybridized carbons (Fsp3) is 0.0952. The highest BCUT2D eigenvalue weighted by Crippen LogP contribution is 2.35. The molecule has 0 radical (unpaired) electrons. The fourth-order valence-corrected chi connectivity index (χ4v) is 2.96. The molecule has 0 spiro atoms. The van der Waals surface area contributed by atoms with E-state index < -0.39 is 11.6 Å². The highest BCUT2D eigenvalue weighted by atomic mass is 19.1. The van der Waals surface area contributed by atoms with Gasteiger partial charge in [-0.3, -0.25) is 5.43 Å². The molecule has 3 aromatic rings. The lowest BCUT2D eigenvalue weighted by Crippen LogP contribution is -2.21. The normalized spacial score (nSPS) is 17.5. The van der Waals surface area contributed by atoms with Gasteiger partial charge in [0.15, 0.2) is 5.82 Å². The van der Waals surface area contributed by atoms with Crippen molar-refractivity contribution in [3.63, 3.8) is 0 Å². The van der Waals surface area contributed by atoms with Crippen LogP contribution in [0.5, 0.6) is 5.75 Å². The molecule has 0 saturated carbocycles. The van der Waals surface area contributed by atoms with Crippen molar-refractivity contribution in [3.8, 4) is 5.75 Å². The average molecular weight is 350 g/mol. The minimum Gasteiger partial charge on any atom is -0.485 e. The lowest BCUT2D eigenvalue weighted by molar-refractivity contribution is 0.206. The van der Waals surface area contributed by atoms with E-state index in [1.165, 1.54) is 12.1 Å². The number of halogens is 2. The number of nitrogens with one attached hydrogen (secondary N) is 1. The molecule has 5 heteroatoms. The van der Waals surface area contributed by atoms with E-state index in [9.17, 15) is 8.78 Å². The summed E-state index contributed by atoms with van der Waals surface area (Å²) in [6.45, 7) is 0. The van der Waals surface area contributed by atoms with Gasteiger partial charge in [0.1, 0.15) is 17.7 Å². The third-order valence-electron chi connectivity index (χ3n) is 4.26. The predicted octanol–water partition coefficient (Wildman–Crippen LogP) is 5.30. The summed E-state index contributed by atoms with van der Waals surface area (Å²) in [6, 6.07) is 20.8. The molecule has 1 aliphatic heterocycles. The highest BCUT2D eigenvalue weighted by Gasteiger charge is 2.26. The van der Waals surface area contributed by atoms with Crippen LogP contribution in [0, 0.1) is 11.6 Å². The second-order valence-electron chi connectivity index (χ2n) is 6.01. The van der Waals surface area contributed by atoms with Crippen molar-refractivity contribution < 1.29 is 13.5 Å². The van der Waals surface area contributed by atoms with Gasteiger partial charge in [0.2, 0.25) is 0 Å². The third kappa shape index (κ3) is 3.28. The number of nitrogens with zero attached hydrogens (tertiary/aromatic N) is 1. The summed E-state index contributed by atoms with van der Waals surface area (Å²) < 4.78 is 33.0. The number of hydrazone groups is 1. The molecule has 0 aliphatic carbocycles. The molecule has 1 aliphatic rings. The molecule has 1 heterocycles. The van der Waals surface area contributed by atoms with E-state index in [0.29, 0.717) is 6.42 Å². The van der Waals surface area contributed by atoms with Gasteiger partial charge in [0.25, 0.3) is 0 Å². The van der Waals surface area contributed by atoms with Gasteiger partial charge in [0.05, 0.1) is 11.4 Å². The average Bonchev–Trinajstić information content (AvgIpc) is 2.67. The van der Waals surface area contributed by atoms with Gasteiger partial charge in [0, 0.05) is 18.1 Å². The highest BCUT2D eigenvalue weighted by molar-refractivity contribution is 6.04. The van der Waals surface area contributed by atoms with Gasteiger partial charge in [-0.05, 0) is 29.8 Å². The van der Waals surface area contributed by atoms with Crippen LogP contribution in [-0.4, -0.2) is 5.71 Å². The zero-order valence-corrected chi connectivity index (χ0v) is 13.8. The maximum absolute atomic E-state index is 13.8. The van der Waals surface area contributed by atoms with Crippen LogP contribution in [0.4, 0.5) is 14.5 Å². The minimum atomic E-state index is -0.686. The molecule has 0 saturated heterocycles. The Hall–Kier alpha value is -3.21. The standard InChI is InChI=1S/C21H16F2N2O/c22-15-10-11-18(17(23)12-15)24-25-19-13-21(14-6-2-1-3-7-14)26-20-9-5-4-8-16(19)20/h1-12,21,24H,13H2/b25-19+. The lowest BCUT2D eigenvalue weighted by atomic mass is 9.96. The van der Waals surface area contributed by atoms with E-state index in [2.05, 4.69) is 10.5 Å². The molecule has 1 unspecified atom stereocenters. The summed E-state index contributed by atoms with van der Waals surface area (Å²) in [6.07, 6.45) is 0.362. The molecule has 0 amide bonds. The summed E-state index contributed by atoms with van der Waals surface area (Å²) in [5, 5.41) is 4.39. The number of ether oxygens (including phenoxy) is 1. The first-order valence-corrected chi connectivity index (χ1v) is 8.29. The summed E-state index contributed by atoms with van der Waals surface area (Å²) in [7, 11) is 0. The molecule has 4 rings (SSSR count). The van der Waals surface area contributed by atoms with E-state index in [-0.39, 0.29) is 11.8 Å². The molecule has 3 aromatic carbocycles. The number of para-hydroxylation sites is 1. The molecule has 0 bridgehead atoms. The van der Waals surface area contributed by atoms with Crippen LogP contribution in [0.3, 0.4) is 0 Å². The Morgan fingerprint density at radius 3 is 2.50 bits per heavy atom. The van der Waals surface area contributed by atoms with Gasteiger partial charge < -0.3 is 4.74 Å². The van der Waals surface area contributed by atoms with Crippen molar-refractivity contribution >= 4 is 11.4 Å². The Balaban J connectivity index is 1.67. The van der Waals surface area contributed by atoms with E-state index >= 15 is 0 Å². The van der Waals surface area contributed by atoms with Crippen molar-refractivity contribution in [2.24, 2.45) is 5.10 Å². The molecule has 3 nitrogen and oxygen atoms in total. The maximum atomic E-state index is 13.8. The van der Waals surface area contributed by atoms with E-state index in [1.807, 2.05) is 54.6 Å². The van der Waals surface area contributed by atoms with Crippen LogP contribution in [0.15, 0.2) is 77.9 Å². The Bertz CT molecular complexity index is 957. The predicted molar refractivity (Wildman–Crippen MR) is 97.4 cm³/mol. The van der Waals surface area contributed by atoms with Gasteiger partial charge in [-0.15, -0.1) is 0 Å². The summed E-state index contributed by atoms with van der Waals surface area (Å²) in [4.78, 5) is 0. The van der Waals surface area contributed by atoms with Crippen LogP contribution in [0.1, 0.15) is 23.7 Å². The number of rotatable bonds is 3. The maximum Gasteiger partial charge on any atom is 0.151 e. The molecule has 1 atom stereocenters. The third-order valence-corrected chi connectivity index (χ3v) is 4.26. The van der Waals surface area contributed by atoms with Gasteiger partial charge >= 0.3 is 0 Å². The Morgan fingerprint density at radius 2 is 1.69 bits per heavy atom. The van der Waals surface area contributed by atoms with Gasteiger partial charge in [-0.25, -0.2) is 8.78 Å². The largest absolute Gasteiger partial charge is 0.485 e. The van der Waals surface area contributed by atoms with Gasteiger partial charge in [-0.1, -0.05) is 42.5 Å². The monoisotopic (exact) mass is 350 g/mol. The number of anilines is 1. The topological polar surface area (TPSA) is 33.6 Å². The van der Waals surface area contributed by atoms with Crippen molar-refractivity contribution in [2.75, 3.05) is 5.43 Å². The van der Waals surface area contributed by atoms with Crippen molar-refractivity contribution in [2.45, 2.75) is 12.5 Å². The first-order valence-electron chi connectivity index (χ1n) is 8.29. The lowest BCUT2D eigenvalue weighted by Gasteiger charge is -2.27. The second-order valence-corrected chi connectivity index (χ2v) is 6.01. The quantitative estimate of drug-likeness (QED) is 0.650. The van der Waals surface area contributed by atoms with Crippen LogP contribution in [0.25, 0.3) is 0 Å². The SMILES string of the molecule is Fc1ccc(N/N=C2\CC(c3ccccc3)Oc3ccccc32)c(F)c1. The first kappa shape index (κ1) is 16.3. The number of hydrogen-bond acceptors (Lipinski definition) is 3. The van der Waals surface area contributed by atoms with Gasteiger partial charge in [-0.2, -0.15) is 5.10 Å². The summed E-state index contributed by atoms with van der Waals surface area (Å²) >= 11 is 0. The second kappa shape index (κ2) is 6.96. The zero-order chi connectivity index (χ0) is 17.9. The van der Waals surface area contributed by atoms with Crippen LogP contribution in [-0.2, 0) is 0 Å². The van der Waals surface area contributed by atoms with E-state index in [1.54, 1.807) is 0 Å². The summed E-state index contributed by atoms with van der Waals surface area (Å²) in [5.74, 6) is -0.580. The minimum absolute atomic E-state index is 0.124. The van der Waals surface area contributed by atoms with E-state index in [4.69, 9.17) is 4.74 Å². The van der Waals surface area contributed by atoms with Crippen molar-refractivity contribution in [1.82, 2.24) is 0 Å². The fourth-order valence-electron chi connectivity index (χ4n) is 2.96. The Kier molecular flexibility index (Phi) is 4.35. The Morgan fingerprint density at radius 1 is 0.923 bits per heavy atom. The Labute approximate surface area is 149 Å². The van der Waals surface area contributed by atoms with Crippen LogP contribution >= 0.6 is 0 Å².